The van der Waals surface area contributed by atoms with Gasteiger partial charge in [0.2, 0.25) is 0 Å². The number of thioether (sulfide) groups is 1. The quantitative estimate of drug-likeness (QED) is 0.449. The molecule has 29 heavy (non-hydrogen) atoms. The molecular weight excluding hydrogens is 390 g/mol. The molecule has 150 valence electrons. The molecule has 1 aromatic heterocycles. The van der Waals surface area contributed by atoms with Crippen LogP contribution in [0.5, 0.6) is 5.75 Å². The van der Waals surface area contributed by atoms with Crippen LogP contribution in [0.4, 0.5) is 5.69 Å². The molecule has 0 saturated carbocycles. The largest absolute Gasteiger partial charge is 0.482 e. The Morgan fingerprint density at radius 2 is 2.00 bits per heavy atom. The van der Waals surface area contributed by atoms with E-state index in [1.807, 2.05) is 29.2 Å². The Hall–Kier alpha value is -3.26. The number of nitrogens with one attached hydrogen (secondary N) is 1. The lowest BCUT2D eigenvalue weighted by Crippen LogP contribution is -2.15. The maximum absolute atomic E-state index is 12.7. The van der Waals surface area contributed by atoms with E-state index in [9.17, 15) is 9.59 Å². The standard InChI is InChI=1S/C21H21N3O4S/c1-3-27-19(25)14-28-18-9-5-7-16(13-18)23-20(26)15-6-4-8-17(12-15)24-11-10-22-21(24)29-2/h4-13H,3,14H2,1-2H3,(H,23,26). The van der Waals surface area contributed by atoms with Gasteiger partial charge < -0.3 is 14.8 Å². The van der Waals surface area contributed by atoms with Gasteiger partial charge in [0.15, 0.2) is 11.8 Å². The van der Waals surface area contributed by atoms with Crippen LogP contribution in [0.1, 0.15) is 17.3 Å². The van der Waals surface area contributed by atoms with E-state index in [1.54, 1.807) is 49.5 Å². The third kappa shape index (κ3) is 5.39. The van der Waals surface area contributed by atoms with Gasteiger partial charge >= 0.3 is 5.97 Å². The first-order valence-corrected chi connectivity index (χ1v) is 10.2. The number of anilines is 1. The molecule has 3 aromatic rings. The van der Waals surface area contributed by atoms with Crippen molar-refractivity contribution in [3.8, 4) is 11.4 Å². The van der Waals surface area contributed by atoms with E-state index < -0.39 is 5.97 Å². The number of carbonyl (C=O) groups excluding carboxylic acids is 2. The summed E-state index contributed by atoms with van der Waals surface area (Å²) in [5, 5.41) is 3.69. The first kappa shape index (κ1) is 20.5. The van der Waals surface area contributed by atoms with Crippen LogP contribution < -0.4 is 10.1 Å². The summed E-state index contributed by atoms with van der Waals surface area (Å²) in [6, 6.07) is 14.1. The summed E-state index contributed by atoms with van der Waals surface area (Å²) in [5.74, 6) is -0.226. The van der Waals surface area contributed by atoms with Gasteiger partial charge in [0.25, 0.3) is 5.91 Å². The number of nitrogens with zero attached hydrogens (tertiary/aromatic N) is 2. The number of esters is 1. The van der Waals surface area contributed by atoms with E-state index in [0.717, 1.165) is 10.8 Å². The summed E-state index contributed by atoms with van der Waals surface area (Å²) in [6.07, 6.45) is 5.53. The van der Waals surface area contributed by atoms with Crippen molar-refractivity contribution in [2.45, 2.75) is 12.1 Å². The highest BCUT2D eigenvalue weighted by Gasteiger charge is 2.10. The fourth-order valence-electron chi connectivity index (χ4n) is 2.65. The number of aromatic nitrogens is 2. The molecule has 7 nitrogen and oxygen atoms in total. The zero-order valence-corrected chi connectivity index (χ0v) is 16.9. The number of carbonyl (C=O) groups is 2. The van der Waals surface area contributed by atoms with Crippen molar-refractivity contribution >= 4 is 29.3 Å². The van der Waals surface area contributed by atoms with Gasteiger partial charge in [0.05, 0.1) is 6.61 Å². The molecule has 3 rings (SSSR count). The van der Waals surface area contributed by atoms with Gasteiger partial charge in [-0.05, 0) is 43.5 Å². The lowest BCUT2D eigenvalue weighted by molar-refractivity contribution is -0.145. The Morgan fingerprint density at radius 3 is 2.79 bits per heavy atom. The van der Waals surface area contributed by atoms with Crippen molar-refractivity contribution in [2.24, 2.45) is 0 Å². The molecule has 1 amide bonds. The molecule has 8 heteroatoms. The van der Waals surface area contributed by atoms with E-state index in [-0.39, 0.29) is 12.5 Å². The molecule has 1 N–H and O–H groups in total. The summed E-state index contributed by atoms with van der Waals surface area (Å²) < 4.78 is 12.2. The molecule has 0 atom stereocenters. The predicted molar refractivity (Wildman–Crippen MR) is 112 cm³/mol. The molecule has 0 radical (unpaired) electrons. The number of benzene rings is 2. The van der Waals surface area contributed by atoms with Crippen LogP contribution in [0.2, 0.25) is 0 Å². The molecule has 0 fully saturated rings. The van der Waals surface area contributed by atoms with Gasteiger partial charge in [0, 0.05) is 35.4 Å². The zero-order valence-electron chi connectivity index (χ0n) is 16.1. The van der Waals surface area contributed by atoms with E-state index in [2.05, 4.69) is 10.3 Å². The van der Waals surface area contributed by atoms with E-state index in [0.29, 0.717) is 23.6 Å². The summed E-state index contributed by atoms with van der Waals surface area (Å²) in [7, 11) is 0. The van der Waals surface area contributed by atoms with Crippen LogP contribution >= 0.6 is 11.8 Å². The highest BCUT2D eigenvalue weighted by atomic mass is 32.2. The number of ether oxygens (including phenoxy) is 2. The zero-order chi connectivity index (χ0) is 20.6. The summed E-state index contributed by atoms with van der Waals surface area (Å²) >= 11 is 1.53. The molecule has 0 saturated heterocycles. The van der Waals surface area contributed by atoms with Gasteiger partial charge in [-0.2, -0.15) is 0 Å². The molecule has 0 unspecified atom stereocenters. The minimum Gasteiger partial charge on any atom is -0.482 e. The topological polar surface area (TPSA) is 82.5 Å². The van der Waals surface area contributed by atoms with Crippen molar-refractivity contribution in [1.29, 1.82) is 0 Å². The Labute approximate surface area is 173 Å². The number of imidazole rings is 1. The van der Waals surface area contributed by atoms with Gasteiger partial charge in [-0.1, -0.05) is 23.9 Å². The summed E-state index contributed by atoms with van der Waals surface area (Å²) in [5.41, 5.74) is 1.93. The molecule has 0 spiro atoms. The molecule has 0 aliphatic heterocycles. The van der Waals surface area contributed by atoms with Crippen LogP contribution in [-0.2, 0) is 9.53 Å². The molecule has 0 aliphatic rings. The van der Waals surface area contributed by atoms with Crippen LogP contribution in [0, 0.1) is 0 Å². The lowest BCUT2D eigenvalue weighted by Gasteiger charge is -2.10. The van der Waals surface area contributed by atoms with Crippen LogP contribution in [0.15, 0.2) is 66.1 Å². The third-order valence-electron chi connectivity index (χ3n) is 3.93. The van der Waals surface area contributed by atoms with Crippen molar-refractivity contribution in [1.82, 2.24) is 9.55 Å². The first-order valence-electron chi connectivity index (χ1n) is 8.98. The Kier molecular flexibility index (Phi) is 6.91. The predicted octanol–water partition coefficient (Wildman–Crippen LogP) is 3.79. The second-order valence-corrected chi connectivity index (χ2v) is 6.68. The fourth-order valence-corrected chi connectivity index (χ4v) is 3.18. The Bertz CT molecular complexity index is 1000. The highest BCUT2D eigenvalue weighted by molar-refractivity contribution is 7.98. The van der Waals surface area contributed by atoms with E-state index in [1.165, 1.54) is 11.8 Å². The number of rotatable bonds is 8. The normalized spacial score (nSPS) is 10.4. The molecule has 1 heterocycles. The SMILES string of the molecule is CCOC(=O)COc1cccc(NC(=O)c2cccc(-n3ccnc3SC)c2)c1. The van der Waals surface area contributed by atoms with Crippen molar-refractivity contribution in [2.75, 3.05) is 24.8 Å². The average molecular weight is 411 g/mol. The van der Waals surface area contributed by atoms with Crippen molar-refractivity contribution < 1.29 is 19.1 Å². The first-order chi connectivity index (χ1) is 14.1. The maximum atomic E-state index is 12.7. The average Bonchev–Trinajstić information content (AvgIpc) is 3.22. The van der Waals surface area contributed by atoms with E-state index in [4.69, 9.17) is 9.47 Å². The van der Waals surface area contributed by atoms with Crippen molar-refractivity contribution in [3.05, 3.63) is 66.5 Å². The number of amides is 1. The van der Waals surface area contributed by atoms with E-state index >= 15 is 0 Å². The Balaban J connectivity index is 1.70. The van der Waals surface area contributed by atoms with Gasteiger partial charge in [-0.25, -0.2) is 9.78 Å². The molecule has 0 bridgehead atoms. The smallest absolute Gasteiger partial charge is 0.344 e. The van der Waals surface area contributed by atoms with Crippen LogP contribution in [-0.4, -0.2) is 40.9 Å². The minimum absolute atomic E-state index is 0.185. The molecule has 0 aliphatic carbocycles. The minimum atomic E-state index is -0.442. The lowest BCUT2D eigenvalue weighted by atomic mass is 10.2. The molecule has 2 aromatic carbocycles. The van der Waals surface area contributed by atoms with Gasteiger partial charge in [0.1, 0.15) is 5.75 Å². The number of hydrogen-bond acceptors (Lipinski definition) is 6. The monoisotopic (exact) mass is 411 g/mol. The van der Waals surface area contributed by atoms with Crippen molar-refractivity contribution in [3.63, 3.8) is 0 Å². The number of hydrogen-bond donors (Lipinski definition) is 1. The second-order valence-electron chi connectivity index (χ2n) is 5.91. The van der Waals surface area contributed by atoms with Crippen LogP contribution in [0.3, 0.4) is 0 Å². The highest BCUT2D eigenvalue weighted by Crippen LogP contribution is 2.21. The van der Waals surface area contributed by atoms with Gasteiger partial charge in [-0.3, -0.25) is 9.36 Å². The third-order valence-corrected chi connectivity index (χ3v) is 4.60. The Morgan fingerprint density at radius 1 is 1.17 bits per heavy atom. The summed E-state index contributed by atoms with van der Waals surface area (Å²) in [4.78, 5) is 28.4. The maximum Gasteiger partial charge on any atom is 0.344 e. The van der Waals surface area contributed by atoms with Crippen LogP contribution in [0.25, 0.3) is 5.69 Å². The second kappa shape index (κ2) is 9.79. The molecular formula is C21H21N3O4S. The van der Waals surface area contributed by atoms with Gasteiger partial charge in [-0.15, -0.1) is 0 Å². The fraction of sp³-hybridized carbons (Fsp3) is 0.190. The summed E-state index contributed by atoms with van der Waals surface area (Å²) in [6.45, 7) is 1.85.